The monoisotopic (exact) mass is 230 g/mol. The van der Waals surface area contributed by atoms with Gasteiger partial charge in [0.15, 0.2) is 0 Å². The maximum Gasteiger partial charge on any atom is 0.219 e. The highest BCUT2D eigenvalue weighted by Gasteiger charge is 2.23. The molecule has 90 valence electrons. The molecule has 0 bridgehead atoms. The van der Waals surface area contributed by atoms with E-state index in [1.165, 1.54) is 11.1 Å². The fraction of sp³-hybridized carbons (Fsp3) is 0.357. The van der Waals surface area contributed by atoms with Gasteiger partial charge < -0.3 is 11.1 Å². The maximum atomic E-state index is 11.0. The highest BCUT2D eigenvalue weighted by Crippen LogP contribution is 2.35. The van der Waals surface area contributed by atoms with Crippen LogP contribution in [0.1, 0.15) is 30.9 Å². The zero-order chi connectivity index (χ0) is 12.4. The molecular formula is C14H18N2O. The second-order valence-electron chi connectivity index (χ2n) is 4.51. The third-order valence-electron chi connectivity index (χ3n) is 3.19. The number of nitrogens with one attached hydrogen (secondary N) is 1. The maximum absolute atomic E-state index is 11.0. The average molecular weight is 230 g/mol. The van der Waals surface area contributed by atoms with Crippen molar-refractivity contribution in [1.82, 2.24) is 0 Å². The van der Waals surface area contributed by atoms with Crippen LogP contribution in [0.5, 0.6) is 0 Å². The van der Waals surface area contributed by atoms with Crippen molar-refractivity contribution in [3.8, 4) is 0 Å². The number of aryl methyl sites for hydroxylation is 1. The summed E-state index contributed by atoms with van der Waals surface area (Å²) in [6, 6.07) is 6.27. The summed E-state index contributed by atoms with van der Waals surface area (Å²) in [6.45, 7) is 6.27. The molecule has 1 heterocycles. The minimum atomic E-state index is -0.273. The third kappa shape index (κ3) is 2.33. The Kier molecular flexibility index (Phi) is 3.18. The summed E-state index contributed by atoms with van der Waals surface area (Å²) in [5, 5.41) is 3.37. The van der Waals surface area contributed by atoms with Crippen LogP contribution in [0, 0.1) is 0 Å². The van der Waals surface area contributed by atoms with E-state index in [0.717, 1.165) is 24.1 Å². The van der Waals surface area contributed by atoms with Crippen molar-refractivity contribution < 1.29 is 4.79 Å². The summed E-state index contributed by atoms with van der Waals surface area (Å²) in [4.78, 5) is 11.0. The van der Waals surface area contributed by atoms with Crippen molar-refractivity contribution in [1.29, 1.82) is 0 Å². The lowest BCUT2D eigenvalue weighted by atomic mass is 9.88. The summed E-state index contributed by atoms with van der Waals surface area (Å²) in [7, 11) is 0. The van der Waals surface area contributed by atoms with E-state index in [1.54, 1.807) is 0 Å². The highest BCUT2D eigenvalue weighted by atomic mass is 16.1. The Labute approximate surface area is 102 Å². The number of hydrogen-bond donors (Lipinski definition) is 2. The molecule has 0 aromatic heterocycles. The molecule has 0 saturated carbocycles. The lowest BCUT2D eigenvalue weighted by Gasteiger charge is -2.29. The Balaban J connectivity index is 2.32. The van der Waals surface area contributed by atoms with Gasteiger partial charge in [0.2, 0.25) is 5.91 Å². The SMILES string of the molecule is C=C1CC(CC(N)=O)Nc2cccc(CC)c21. The Morgan fingerprint density at radius 2 is 2.35 bits per heavy atom. The molecule has 0 aliphatic carbocycles. The zero-order valence-electron chi connectivity index (χ0n) is 10.1. The molecule has 17 heavy (non-hydrogen) atoms. The minimum absolute atomic E-state index is 0.0830. The molecular weight excluding hydrogens is 212 g/mol. The van der Waals surface area contributed by atoms with Gasteiger partial charge in [-0.1, -0.05) is 25.6 Å². The van der Waals surface area contributed by atoms with Gasteiger partial charge in [0, 0.05) is 23.7 Å². The Morgan fingerprint density at radius 1 is 1.59 bits per heavy atom. The van der Waals surface area contributed by atoms with E-state index in [1.807, 2.05) is 12.1 Å². The van der Waals surface area contributed by atoms with Gasteiger partial charge in [-0.3, -0.25) is 4.79 Å². The van der Waals surface area contributed by atoms with Crippen LogP contribution in [-0.2, 0) is 11.2 Å². The molecule has 3 heteroatoms. The number of carbonyl (C=O) groups excluding carboxylic acids is 1. The van der Waals surface area contributed by atoms with Crippen LogP contribution < -0.4 is 11.1 Å². The number of benzene rings is 1. The standard InChI is InChI=1S/C14H18N2O/c1-3-10-5-4-6-12-14(10)9(2)7-11(16-12)8-13(15)17/h4-6,11,16H,2-3,7-8H2,1H3,(H2,15,17). The van der Waals surface area contributed by atoms with E-state index in [0.29, 0.717) is 6.42 Å². The molecule has 1 amide bonds. The van der Waals surface area contributed by atoms with Crippen LogP contribution in [0.3, 0.4) is 0 Å². The van der Waals surface area contributed by atoms with Crippen molar-refractivity contribution >= 4 is 17.2 Å². The molecule has 1 atom stereocenters. The summed E-state index contributed by atoms with van der Waals surface area (Å²) in [6.07, 6.45) is 2.13. The topological polar surface area (TPSA) is 55.1 Å². The Hall–Kier alpha value is -1.77. The van der Waals surface area contributed by atoms with E-state index in [4.69, 9.17) is 5.73 Å². The van der Waals surface area contributed by atoms with Gasteiger partial charge in [-0.05, 0) is 30.0 Å². The van der Waals surface area contributed by atoms with Gasteiger partial charge in [0.05, 0.1) is 0 Å². The molecule has 1 aliphatic rings. The fourth-order valence-corrected chi connectivity index (χ4v) is 2.47. The minimum Gasteiger partial charge on any atom is -0.381 e. The number of fused-ring (bicyclic) bond motifs is 1. The van der Waals surface area contributed by atoms with Crippen LogP contribution in [0.2, 0.25) is 0 Å². The van der Waals surface area contributed by atoms with Crippen LogP contribution in [0.15, 0.2) is 24.8 Å². The third-order valence-corrected chi connectivity index (χ3v) is 3.19. The Bertz CT molecular complexity index is 465. The predicted octanol–water partition coefficient (Wildman–Crippen LogP) is 2.32. The molecule has 3 N–H and O–H groups in total. The summed E-state index contributed by atoms with van der Waals surface area (Å²) in [5.74, 6) is -0.273. The largest absolute Gasteiger partial charge is 0.381 e. The van der Waals surface area contributed by atoms with Gasteiger partial charge in [0.25, 0.3) is 0 Å². The first-order valence-corrected chi connectivity index (χ1v) is 5.96. The number of hydrogen-bond acceptors (Lipinski definition) is 2. The molecule has 0 radical (unpaired) electrons. The second-order valence-corrected chi connectivity index (χ2v) is 4.51. The van der Waals surface area contributed by atoms with Gasteiger partial charge in [-0.2, -0.15) is 0 Å². The number of rotatable bonds is 3. The first kappa shape index (κ1) is 11.7. The average Bonchev–Trinajstić information content (AvgIpc) is 2.27. The molecule has 0 fully saturated rings. The van der Waals surface area contributed by atoms with E-state index < -0.39 is 0 Å². The van der Waals surface area contributed by atoms with Gasteiger partial charge in [0.1, 0.15) is 0 Å². The van der Waals surface area contributed by atoms with Gasteiger partial charge >= 0.3 is 0 Å². The number of amides is 1. The second kappa shape index (κ2) is 4.62. The molecule has 1 aromatic carbocycles. The number of nitrogens with two attached hydrogens (primary N) is 1. The van der Waals surface area contributed by atoms with E-state index >= 15 is 0 Å². The van der Waals surface area contributed by atoms with Crippen LogP contribution in [0.4, 0.5) is 5.69 Å². The molecule has 0 spiro atoms. The van der Waals surface area contributed by atoms with E-state index in [-0.39, 0.29) is 11.9 Å². The van der Waals surface area contributed by atoms with Crippen molar-refractivity contribution in [3.05, 3.63) is 35.9 Å². The van der Waals surface area contributed by atoms with Crippen molar-refractivity contribution in [3.63, 3.8) is 0 Å². The molecule has 1 aromatic rings. The summed E-state index contributed by atoms with van der Waals surface area (Å²) < 4.78 is 0. The van der Waals surface area contributed by atoms with E-state index in [2.05, 4.69) is 24.9 Å². The van der Waals surface area contributed by atoms with Crippen LogP contribution >= 0.6 is 0 Å². The smallest absolute Gasteiger partial charge is 0.219 e. The molecule has 2 rings (SSSR count). The first-order chi connectivity index (χ1) is 8.11. The van der Waals surface area contributed by atoms with Gasteiger partial charge in [-0.25, -0.2) is 0 Å². The number of primary amides is 1. The normalized spacial score (nSPS) is 18.4. The quantitative estimate of drug-likeness (QED) is 0.837. The summed E-state index contributed by atoms with van der Waals surface area (Å²) in [5.41, 5.74) is 9.93. The fourth-order valence-electron chi connectivity index (χ4n) is 2.47. The molecule has 1 aliphatic heterocycles. The van der Waals surface area contributed by atoms with Crippen molar-refractivity contribution in [2.24, 2.45) is 5.73 Å². The number of carbonyl (C=O) groups is 1. The Morgan fingerprint density at radius 3 is 3.00 bits per heavy atom. The molecule has 1 unspecified atom stereocenters. The first-order valence-electron chi connectivity index (χ1n) is 5.96. The van der Waals surface area contributed by atoms with Crippen molar-refractivity contribution in [2.75, 3.05) is 5.32 Å². The highest BCUT2D eigenvalue weighted by molar-refractivity contribution is 5.83. The van der Waals surface area contributed by atoms with Crippen LogP contribution in [-0.4, -0.2) is 11.9 Å². The lowest BCUT2D eigenvalue weighted by Crippen LogP contribution is -2.30. The van der Waals surface area contributed by atoms with Crippen LogP contribution in [0.25, 0.3) is 5.57 Å². The molecule has 3 nitrogen and oxygen atoms in total. The van der Waals surface area contributed by atoms with Crippen molar-refractivity contribution in [2.45, 2.75) is 32.2 Å². The van der Waals surface area contributed by atoms with Gasteiger partial charge in [-0.15, -0.1) is 0 Å². The predicted molar refractivity (Wildman–Crippen MR) is 70.7 cm³/mol. The lowest BCUT2D eigenvalue weighted by molar-refractivity contribution is -0.118. The number of anilines is 1. The van der Waals surface area contributed by atoms with E-state index in [9.17, 15) is 4.79 Å². The zero-order valence-corrected chi connectivity index (χ0v) is 10.1. The summed E-state index contributed by atoms with van der Waals surface area (Å²) >= 11 is 0. The molecule has 0 saturated heterocycles.